The van der Waals surface area contributed by atoms with Gasteiger partial charge in [0.1, 0.15) is 4.21 Å². The molecule has 1 aromatic rings. The quantitative estimate of drug-likeness (QED) is 0.925. The van der Waals surface area contributed by atoms with Gasteiger partial charge in [-0.2, -0.15) is 17.5 Å². The summed E-state index contributed by atoms with van der Waals surface area (Å²) in [5.41, 5.74) is 0. The maximum Gasteiger partial charge on any atom is 0.391 e. The molecule has 1 aliphatic rings. The molecule has 114 valence electrons. The maximum absolute atomic E-state index is 12.5. The average molecular weight is 329 g/mol. The predicted octanol–water partition coefficient (Wildman–Crippen LogP) is 2.20. The van der Waals surface area contributed by atoms with Gasteiger partial charge in [-0.15, -0.1) is 11.3 Å². The fourth-order valence-corrected chi connectivity index (χ4v) is 4.97. The summed E-state index contributed by atoms with van der Waals surface area (Å²) in [6, 6.07) is 2.88. The first-order valence-electron chi connectivity index (χ1n) is 6.01. The minimum absolute atomic E-state index is 0.0620. The van der Waals surface area contributed by atoms with E-state index in [1.54, 1.807) is 0 Å². The number of thiophene rings is 1. The van der Waals surface area contributed by atoms with Crippen molar-refractivity contribution in [3.63, 3.8) is 0 Å². The second kappa shape index (κ2) is 5.63. The van der Waals surface area contributed by atoms with E-state index in [2.05, 4.69) is 0 Å². The number of halogens is 3. The van der Waals surface area contributed by atoms with Crippen molar-refractivity contribution < 1.29 is 26.7 Å². The number of hydrogen-bond donors (Lipinski definition) is 1. The Morgan fingerprint density at radius 3 is 2.35 bits per heavy atom. The molecule has 0 unspecified atom stereocenters. The van der Waals surface area contributed by atoms with Gasteiger partial charge in [0.05, 0.1) is 12.5 Å². The first-order valence-corrected chi connectivity index (χ1v) is 8.27. The summed E-state index contributed by atoms with van der Waals surface area (Å²) in [4.78, 5) is 0.508. The molecule has 9 heteroatoms. The Balaban J connectivity index is 2.09. The van der Waals surface area contributed by atoms with Gasteiger partial charge in [0, 0.05) is 18.0 Å². The highest BCUT2D eigenvalue weighted by Gasteiger charge is 2.43. The van der Waals surface area contributed by atoms with Gasteiger partial charge >= 0.3 is 6.18 Å². The fourth-order valence-electron chi connectivity index (χ4n) is 2.13. The van der Waals surface area contributed by atoms with Crippen LogP contribution in [0.4, 0.5) is 13.2 Å². The lowest BCUT2D eigenvalue weighted by Gasteiger charge is -2.31. The number of rotatable bonds is 3. The summed E-state index contributed by atoms with van der Waals surface area (Å²) >= 11 is 0.938. The van der Waals surface area contributed by atoms with Crippen LogP contribution in [-0.4, -0.2) is 37.1 Å². The molecule has 1 N–H and O–H groups in total. The molecule has 0 bridgehead atoms. The van der Waals surface area contributed by atoms with E-state index in [0.717, 1.165) is 15.6 Å². The highest BCUT2D eigenvalue weighted by Crippen LogP contribution is 2.36. The molecule has 0 spiro atoms. The lowest BCUT2D eigenvalue weighted by atomic mass is 9.98. The molecule has 1 fully saturated rings. The summed E-state index contributed by atoms with van der Waals surface area (Å²) in [7, 11) is -3.75. The molecule has 0 saturated carbocycles. The minimum atomic E-state index is -4.26. The average Bonchev–Trinajstić information content (AvgIpc) is 2.87. The van der Waals surface area contributed by atoms with E-state index in [1.165, 1.54) is 12.1 Å². The van der Waals surface area contributed by atoms with Crippen molar-refractivity contribution in [1.82, 2.24) is 4.31 Å². The highest BCUT2D eigenvalue weighted by atomic mass is 32.2. The molecular weight excluding hydrogens is 315 g/mol. The van der Waals surface area contributed by atoms with Gasteiger partial charge in [0.25, 0.3) is 10.0 Å². The van der Waals surface area contributed by atoms with E-state index in [-0.39, 0.29) is 36.7 Å². The number of hydrogen-bond acceptors (Lipinski definition) is 4. The number of piperidine rings is 1. The van der Waals surface area contributed by atoms with E-state index in [4.69, 9.17) is 5.11 Å². The SMILES string of the molecule is O=S(=O)(c1ccc(CO)s1)N1CCC(C(F)(F)F)CC1. The molecule has 0 amide bonds. The largest absolute Gasteiger partial charge is 0.391 e. The summed E-state index contributed by atoms with van der Waals surface area (Å²) in [6.07, 6.45) is -4.68. The Bertz CT molecular complexity index is 560. The monoisotopic (exact) mass is 329 g/mol. The summed E-state index contributed by atoms with van der Waals surface area (Å²) in [5.74, 6) is -1.43. The third-order valence-corrected chi connectivity index (χ3v) is 6.74. The van der Waals surface area contributed by atoms with Gasteiger partial charge in [-0.25, -0.2) is 8.42 Å². The number of nitrogens with zero attached hydrogens (tertiary/aromatic N) is 1. The molecule has 0 atom stereocenters. The van der Waals surface area contributed by atoms with Crippen LogP contribution in [-0.2, 0) is 16.6 Å². The number of aliphatic hydroxyl groups is 1. The molecular formula is C11H14F3NO3S2. The van der Waals surface area contributed by atoms with E-state index in [0.29, 0.717) is 4.88 Å². The van der Waals surface area contributed by atoms with E-state index >= 15 is 0 Å². The molecule has 0 radical (unpaired) electrons. The van der Waals surface area contributed by atoms with Gasteiger partial charge in [-0.1, -0.05) is 0 Å². The third kappa shape index (κ3) is 3.16. The number of alkyl halides is 3. The summed E-state index contributed by atoms with van der Waals surface area (Å²) in [5, 5.41) is 8.93. The first kappa shape index (κ1) is 15.7. The minimum Gasteiger partial charge on any atom is -0.391 e. The molecule has 0 aliphatic carbocycles. The molecule has 4 nitrogen and oxygen atoms in total. The zero-order chi connectivity index (χ0) is 15.0. The molecule has 1 aliphatic heterocycles. The lowest BCUT2D eigenvalue weighted by molar-refractivity contribution is -0.182. The third-order valence-electron chi connectivity index (χ3n) is 3.30. The van der Waals surface area contributed by atoms with Crippen LogP contribution in [0.15, 0.2) is 16.3 Å². The van der Waals surface area contributed by atoms with Crippen molar-refractivity contribution in [2.75, 3.05) is 13.1 Å². The van der Waals surface area contributed by atoms with Crippen molar-refractivity contribution >= 4 is 21.4 Å². The molecule has 2 rings (SSSR count). The Hall–Kier alpha value is -0.640. The first-order chi connectivity index (χ1) is 9.25. The maximum atomic E-state index is 12.5. The molecule has 1 aromatic heterocycles. The second-order valence-corrected chi connectivity index (χ2v) is 7.93. The molecule has 1 saturated heterocycles. The molecule has 0 aromatic carbocycles. The van der Waals surface area contributed by atoms with E-state index in [1.807, 2.05) is 0 Å². The van der Waals surface area contributed by atoms with Gasteiger partial charge < -0.3 is 5.11 Å². The topological polar surface area (TPSA) is 57.6 Å². The Kier molecular flexibility index (Phi) is 4.43. The van der Waals surface area contributed by atoms with E-state index < -0.39 is 22.1 Å². The van der Waals surface area contributed by atoms with Crippen molar-refractivity contribution in [3.05, 3.63) is 17.0 Å². The highest BCUT2D eigenvalue weighted by molar-refractivity contribution is 7.91. The molecule has 20 heavy (non-hydrogen) atoms. The van der Waals surface area contributed by atoms with Crippen LogP contribution >= 0.6 is 11.3 Å². The summed E-state index contributed by atoms with van der Waals surface area (Å²) < 4.78 is 63.3. The van der Waals surface area contributed by atoms with Crippen LogP contribution in [0.1, 0.15) is 17.7 Å². The Morgan fingerprint density at radius 1 is 1.30 bits per heavy atom. The zero-order valence-electron chi connectivity index (χ0n) is 10.4. The summed E-state index contributed by atoms with van der Waals surface area (Å²) in [6.45, 7) is -0.506. The zero-order valence-corrected chi connectivity index (χ0v) is 12.1. The lowest BCUT2D eigenvalue weighted by Crippen LogP contribution is -2.41. The number of sulfonamides is 1. The van der Waals surface area contributed by atoms with Crippen LogP contribution in [0.25, 0.3) is 0 Å². The standard InChI is InChI=1S/C11H14F3NO3S2/c12-11(13,14)8-3-5-15(6-4-8)20(17,18)10-2-1-9(7-16)19-10/h1-2,8,16H,3-7H2. The normalized spacial score (nSPS) is 19.4. The van der Waals surface area contributed by atoms with Crippen molar-refractivity contribution in [1.29, 1.82) is 0 Å². The van der Waals surface area contributed by atoms with Gasteiger partial charge in [0.15, 0.2) is 0 Å². The van der Waals surface area contributed by atoms with Gasteiger partial charge in [-0.05, 0) is 25.0 Å². The smallest absolute Gasteiger partial charge is 0.391 e. The van der Waals surface area contributed by atoms with Gasteiger partial charge in [0.2, 0.25) is 0 Å². The van der Waals surface area contributed by atoms with Crippen molar-refractivity contribution in [2.45, 2.75) is 29.8 Å². The van der Waals surface area contributed by atoms with Crippen LogP contribution < -0.4 is 0 Å². The van der Waals surface area contributed by atoms with Crippen LogP contribution in [0.3, 0.4) is 0 Å². The number of aliphatic hydroxyl groups excluding tert-OH is 1. The van der Waals surface area contributed by atoms with Gasteiger partial charge in [-0.3, -0.25) is 0 Å². The Labute approximate surface area is 118 Å². The van der Waals surface area contributed by atoms with Crippen LogP contribution in [0.2, 0.25) is 0 Å². The fraction of sp³-hybridized carbons (Fsp3) is 0.636. The van der Waals surface area contributed by atoms with Crippen LogP contribution in [0.5, 0.6) is 0 Å². The van der Waals surface area contributed by atoms with Crippen molar-refractivity contribution in [2.24, 2.45) is 5.92 Å². The predicted molar refractivity (Wildman–Crippen MR) is 67.8 cm³/mol. The second-order valence-electron chi connectivity index (χ2n) is 4.60. The van der Waals surface area contributed by atoms with Crippen molar-refractivity contribution in [3.8, 4) is 0 Å². The van der Waals surface area contributed by atoms with E-state index in [9.17, 15) is 21.6 Å². The molecule has 2 heterocycles. The van der Waals surface area contributed by atoms with Crippen LogP contribution in [0, 0.1) is 5.92 Å². The Morgan fingerprint density at radius 2 is 1.90 bits per heavy atom.